The number of anilines is 1. The Kier molecular flexibility index (Phi) is 2.45. The molecule has 0 atom stereocenters. The van der Waals surface area contributed by atoms with E-state index in [2.05, 4.69) is 17.0 Å². The summed E-state index contributed by atoms with van der Waals surface area (Å²) < 4.78 is 0. The van der Waals surface area contributed by atoms with Gasteiger partial charge in [0.15, 0.2) is 0 Å². The lowest BCUT2D eigenvalue weighted by Gasteiger charge is -2.49. The first-order valence-electron chi connectivity index (χ1n) is 7.73. The van der Waals surface area contributed by atoms with Gasteiger partial charge in [-0.25, -0.2) is 0 Å². The van der Waals surface area contributed by atoms with Crippen LogP contribution in [0.2, 0.25) is 0 Å². The van der Waals surface area contributed by atoms with Crippen LogP contribution in [0.5, 0.6) is 0 Å². The summed E-state index contributed by atoms with van der Waals surface area (Å²) in [6.07, 6.45) is 7.15. The number of hydrogen-bond donors (Lipinski definition) is 1. The Hall–Kier alpha value is -1.51. The third kappa shape index (κ3) is 1.68. The van der Waals surface area contributed by atoms with E-state index in [1.165, 1.54) is 44.5 Å². The highest BCUT2D eigenvalue weighted by molar-refractivity contribution is 5.85. The van der Waals surface area contributed by atoms with Gasteiger partial charge in [0.1, 0.15) is 0 Å². The van der Waals surface area contributed by atoms with Crippen molar-refractivity contribution in [3.05, 3.63) is 29.8 Å². The number of hydrogen-bond acceptors (Lipinski definition) is 2. The van der Waals surface area contributed by atoms with E-state index in [9.17, 15) is 9.90 Å². The summed E-state index contributed by atoms with van der Waals surface area (Å²) in [5.41, 5.74) is 2.27. The van der Waals surface area contributed by atoms with E-state index in [1.54, 1.807) is 0 Å². The molecule has 0 bridgehead atoms. The smallest absolute Gasteiger partial charge is 0.314 e. The van der Waals surface area contributed by atoms with Crippen LogP contribution in [-0.4, -0.2) is 24.2 Å². The molecule has 0 unspecified atom stereocenters. The largest absolute Gasteiger partial charge is 0.481 e. The Morgan fingerprint density at radius 3 is 2.10 bits per heavy atom. The first kappa shape index (κ1) is 12.2. The molecule has 4 rings (SSSR count). The fourth-order valence-electron chi connectivity index (χ4n) is 4.13. The predicted octanol–water partition coefficient (Wildman–Crippen LogP) is 3.18. The predicted molar refractivity (Wildman–Crippen MR) is 78.1 cm³/mol. The summed E-state index contributed by atoms with van der Waals surface area (Å²) in [5.74, 6) is -0.667. The van der Waals surface area contributed by atoms with Gasteiger partial charge in [0, 0.05) is 24.2 Å². The number of aliphatic carboxylic acids is 1. The number of nitrogens with zero attached hydrogens (tertiary/aromatic N) is 1. The number of carbonyl (C=O) groups is 1. The third-order valence-electron chi connectivity index (χ3n) is 5.66. The molecular weight excluding hydrogens is 250 g/mol. The second-order valence-corrected chi connectivity index (χ2v) is 7.00. The van der Waals surface area contributed by atoms with Crippen molar-refractivity contribution in [1.29, 1.82) is 0 Å². The first-order chi connectivity index (χ1) is 9.64. The minimum atomic E-state index is -0.667. The van der Waals surface area contributed by atoms with Crippen molar-refractivity contribution in [1.82, 2.24) is 0 Å². The van der Waals surface area contributed by atoms with Crippen LogP contribution in [-0.2, 0) is 10.2 Å². The highest BCUT2D eigenvalue weighted by Crippen LogP contribution is 2.50. The molecule has 106 valence electrons. The van der Waals surface area contributed by atoms with E-state index in [0.717, 1.165) is 18.4 Å². The Morgan fingerprint density at radius 1 is 1.00 bits per heavy atom. The SMILES string of the molecule is O=C(O)C1(c2ccc(N3CC4(CCCC4)C3)cc2)CC1. The molecule has 0 radical (unpaired) electrons. The lowest BCUT2D eigenvalue weighted by atomic mass is 9.78. The summed E-state index contributed by atoms with van der Waals surface area (Å²) in [4.78, 5) is 13.8. The molecule has 3 heteroatoms. The molecule has 0 amide bonds. The maximum Gasteiger partial charge on any atom is 0.314 e. The van der Waals surface area contributed by atoms with Crippen molar-refractivity contribution in [3.8, 4) is 0 Å². The standard InChI is InChI=1S/C17H21NO2/c19-15(20)17(9-10-17)13-3-5-14(6-4-13)18-11-16(12-18)7-1-2-8-16/h3-6H,1-2,7-12H2,(H,19,20). The van der Waals surface area contributed by atoms with Gasteiger partial charge in [-0.2, -0.15) is 0 Å². The van der Waals surface area contributed by atoms with Crippen LogP contribution in [0.1, 0.15) is 44.1 Å². The maximum absolute atomic E-state index is 11.3. The van der Waals surface area contributed by atoms with Gasteiger partial charge < -0.3 is 10.0 Å². The molecule has 1 spiro atoms. The maximum atomic E-state index is 11.3. The van der Waals surface area contributed by atoms with Gasteiger partial charge in [0.05, 0.1) is 5.41 Å². The molecule has 1 aliphatic heterocycles. The first-order valence-corrected chi connectivity index (χ1v) is 7.73. The number of benzene rings is 1. The van der Waals surface area contributed by atoms with Gasteiger partial charge in [-0.05, 0) is 43.4 Å². The molecule has 3 fully saturated rings. The molecule has 3 nitrogen and oxygen atoms in total. The highest BCUT2D eigenvalue weighted by Gasteiger charge is 2.51. The lowest BCUT2D eigenvalue weighted by Crippen LogP contribution is -2.55. The van der Waals surface area contributed by atoms with Crippen molar-refractivity contribution in [2.24, 2.45) is 5.41 Å². The number of rotatable bonds is 3. The van der Waals surface area contributed by atoms with Gasteiger partial charge in [-0.3, -0.25) is 4.79 Å². The zero-order valence-electron chi connectivity index (χ0n) is 11.8. The van der Waals surface area contributed by atoms with E-state index in [-0.39, 0.29) is 0 Å². The number of carboxylic acids is 1. The summed E-state index contributed by atoms with van der Waals surface area (Å²) in [6.45, 7) is 2.38. The summed E-state index contributed by atoms with van der Waals surface area (Å²) in [6, 6.07) is 8.27. The summed E-state index contributed by atoms with van der Waals surface area (Å²) in [7, 11) is 0. The molecule has 3 aliphatic rings. The van der Waals surface area contributed by atoms with Crippen molar-refractivity contribution >= 4 is 11.7 Å². The van der Waals surface area contributed by atoms with Crippen molar-refractivity contribution < 1.29 is 9.90 Å². The Labute approximate surface area is 119 Å². The molecule has 0 aromatic heterocycles. The molecule has 2 saturated carbocycles. The third-order valence-corrected chi connectivity index (χ3v) is 5.66. The van der Waals surface area contributed by atoms with Gasteiger partial charge in [0.2, 0.25) is 0 Å². The summed E-state index contributed by atoms with van der Waals surface area (Å²) in [5, 5.41) is 9.32. The second-order valence-electron chi connectivity index (χ2n) is 7.00. The fraction of sp³-hybridized carbons (Fsp3) is 0.588. The van der Waals surface area contributed by atoms with E-state index >= 15 is 0 Å². The monoisotopic (exact) mass is 271 g/mol. The van der Waals surface area contributed by atoms with E-state index < -0.39 is 11.4 Å². The topological polar surface area (TPSA) is 40.5 Å². The van der Waals surface area contributed by atoms with Gasteiger partial charge in [0.25, 0.3) is 0 Å². The van der Waals surface area contributed by atoms with Crippen LogP contribution >= 0.6 is 0 Å². The minimum absolute atomic E-state index is 0.569. The van der Waals surface area contributed by atoms with Crippen molar-refractivity contribution in [2.75, 3.05) is 18.0 Å². The van der Waals surface area contributed by atoms with Crippen molar-refractivity contribution in [2.45, 2.75) is 43.9 Å². The molecule has 20 heavy (non-hydrogen) atoms. The fourth-order valence-corrected chi connectivity index (χ4v) is 4.13. The number of carboxylic acid groups (broad SMARTS) is 1. The Balaban J connectivity index is 1.48. The van der Waals surface area contributed by atoms with Crippen LogP contribution in [0.4, 0.5) is 5.69 Å². The van der Waals surface area contributed by atoms with Crippen molar-refractivity contribution in [3.63, 3.8) is 0 Å². The lowest BCUT2D eigenvalue weighted by molar-refractivity contribution is -0.140. The molecule has 1 heterocycles. The van der Waals surface area contributed by atoms with Crippen LogP contribution in [0.15, 0.2) is 24.3 Å². The zero-order chi connectivity index (χ0) is 13.8. The molecule has 1 saturated heterocycles. The second kappa shape index (κ2) is 4.00. The Morgan fingerprint density at radius 2 is 1.60 bits per heavy atom. The molecule has 1 aromatic rings. The minimum Gasteiger partial charge on any atom is -0.481 e. The zero-order valence-corrected chi connectivity index (χ0v) is 11.8. The van der Waals surface area contributed by atoms with Gasteiger partial charge >= 0.3 is 5.97 Å². The normalized spacial score (nSPS) is 25.5. The molecular formula is C17H21NO2. The van der Waals surface area contributed by atoms with E-state index in [1.807, 2.05) is 12.1 Å². The van der Waals surface area contributed by atoms with Crippen LogP contribution in [0.3, 0.4) is 0 Å². The van der Waals surface area contributed by atoms with E-state index in [4.69, 9.17) is 0 Å². The Bertz CT molecular complexity index is 531. The van der Waals surface area contributed by atoms with E-state index in [0.29, 0.717) is 5.41 Å². The summed E-state index contributed by atoms with van der Waals surface area (Å²) >= 11 is 0. The average Bonchev–Trinajstić information content (AvgIpc) is 3.08. The average molecular weight is 271 g/mol. The molecule has 2 aliphatic carbocycles. The van der Waals surface area contributed by atoms with Crippen LogP contribution in [0, 0.1) is 5.41 Å². The van der Waals surface area contributed by atoms with Crippen LogP contribution in [0.25, 0.3) is 0 Å². The van der Waals surface area contributed by atoms with Gasteiger partial charge in [-0.1, -0.05) is 25.0 Å². The van der Waals surface area contributed by atoms with Crippen LogP contribution < -0.4 is 4.90 Å². The molecule has 1 aromatic carbocycles. The quantitative estimate of drug-likeness (QED) is 0.918. The highest BCUT2D eigenvalue weighted by atomic mass is 16.4. The van der Waals surface area contributed by atoms with Gasteiger partial charge in [-0.15, -0.1) is 0 Å². The molecule has 1 N–H and O–H groups in total.